The SMILES string of the molecule is C=CCC=CC(C(C)C)C(F)F. The molecule has 0 heterocycles. The molecule has 0 aromatic heterocycles. The first kappa shape index (κ1) is 11.3. The lowest BCUT2D eigenvalue weighted by Gasteiger charge is -2.15. The van der Waals surface area contributed by atoms with E-state index in [2.05, 4.69) is 6.58 Å². The summed E-state index contributed by atoms with van der Waals surface area (Å²) < 4.78 is 24.6. The maximum Gasteiger partial charge on any atom is 0.245 e. The Morgan fingerprint density at radius 1 is 1.33 bits per heavy atom. The lowest BCUT2D eigenvalue weighted by Crippen LogP contribution is -2.14. The van der Waals surface area contributed by atoms with Crippen molar-refractivity contribution < 1.29 is 8.78 Å². The van der Waals surface area contributed by atoms with Crippen molar-refractivity contribution in [1.82, 2.24) is 0 Å². The van der Waals surface area contributed by atoms with Crippen LogP contribution in [0.1, 0.15) is 20.3 Å². The second-order valence-corrected chi connectivity index (χ2v) is 3.11. The maximum absolute atomic E-state index is 12.3. The summed E-state index contributed by atoms with van der Waals surface area (Å²) in [5, 5.41) is 0. The van der Waals surface area contributed by atoms with Crippen molar-refractivity contribution in [3.8, 4) is 0 Å². The summed E-state index contributed by atoms with van der Waals surface area (Å²) in [4.78, 5) is 0. The van der Waals surface area contributed by atoms with E-state index in [0.717, 1.165) is 0 Å². The molecule has 0 bridgehead atoms. The largest absolute Gasteiger partial charge is 0.245 e. The molecule has 0 aromatic carbocycles. The zero-order chi connectivity index (χ0) is 9.56. The first-order valence-electron chi connectivity index (χ1n) is 4.15. The van der Waals surface area contributed by atoms with Gasteiger partial charge in [0, 0.05) is 5.92 Å². The van der Waals surface area contributed by atoms with E-state index in [0.29, 0.717) is 6.42 Å². The number of alkyl halides is 2. The van der Waals surface area contributed by atoms with Crippen LogP contribution in [0.25, 0.3) is 0 Å². The van der Waals surface area contributed by atoms with Crippen molar-refractivity contribution in [2.24, 2.45) is 11.8 Å². The van der Waals surface area contributed by atoms with Gasteiger partial charge in [-0.25, -0.2) is 8.78 Å². The molecular weight excluding hydrogens is 158 g/mol. The molecule has 70 valence electrons. The van der Waals surface area contributed by atoms with Gasteiger partial charge in [-0.2, -0.15) is 0 Å². The number of rotatable bonds is 5. The van der Waals surface area contributed by atoms with Gasteiger partial charge in [-0.3, -0.25) is 0 Å². The van der Waals surface area contributed by atoms with Crippen LogP contribution in [-0.4, -0.2) is 6.43 Å². The molecule has 2 heteroatoms. The second kappa shape index (κ2) is 5.92. The van der Waals surface area contributed by atoms with Crippen LogP contribution in [0.15, 0.2) is 24.8 Å². The van der Waals surface area contributed by atoms with E-state index in [4.69, 9.17) is 0 Å². The molecule has 0 aliphatic carbocycles. The Hall–Kier alpha value is -0.660. The minimum absolute atomic E-state index is 0.00827. The van der Waals surface area contributed by atoms with Crippen LogP contribution in [0.5, 0.6) is 0 Å². The molecule has 0 saturated heterocycles. The van der Waals surface area contributed by atoms with Gasteiger partial charge in [-0.1, -0.05) is 32.1 Å². The Balaban J connectivity index is 4.03. The molecule has 0 aromatic rings. The summed E-state index contributed by atoms with van der Waals surface area (Å²) >= 11 is 0. The van der Waals surface area contributed by atoms with Gasteiger partial charge in [0.25, 0.3) is 0 Å². The molecule has 1 atom stereocenters. The average molecular weight is 174 g/mol. The molecule has 0 radical (unpaired) electrons. The Morgan fingerprint density at radius 3 is 2.25 bits per heavy atom. The van der Waals surface area contributed by atoms with Crippen molar-refractivity contribution in [3.05, 3.63) is 24.8 Å². The molecule has 0 saturated carbocycles. The first-order chi connectivity index (χ1) is 5.59. The van der Waals surface area contributed by atoms with Crippen molar-refractivity contribution in [2.75, 3.05) is 0 Å². The minimum Gasteiger partial charge on any atom is -0.210 e. The summed E-state index contributed by atoms with van der Waals surface area (Å²) in [6.45, 7) is 7.11. The molecule has 0 nitrogen and oxygen atoms in total. The predicted octanol–water partition coefficient (Wildman–Crippen LogP) is 3.66. The Labute approximate surface area is 73.0 Å². The lowest BCUT2D eigenvalue weighted by atomic mass is 9.96. The number of hydrogen-bond acceptors (Lipinski definition) is 0. The molecule has 1 unspecified atom stereocenters. The smallest absolute Gasteiger partial charge is 0.210 e. The third-order valence-electron chi connectivity index (χ3n) is 1.72. The van der Waals surface area contributed by atoms with Crippen LogP contribution in [0.3, 0.4) is 0 Å². The lowest BCUT2D eigenvalue weighted by molar-refractivity contribution is 0.0779. The maximum atomic E-state index is 12.3. The number of hydrogen-bond donors (Lipinski definition) is 0. The van der Waals surface area contributed by atoms with Gasteiger partial charge in [-0.15, -0.1) is 6.58 Å². The molecule has 0 aliphatic heterocycles. The van der Waals surface area contributed by atoms with E-state index in [1.54, 1.807) is 32.1 Å². The highest BCUT2D eigenvalue weighted by molar-refractivity contribution is 4.94. The summed E-state index contributed by atoms with van der Waals surface area (Å²) in [5.41, 5.74) is 0. The van der Waals surface area contributed by atoms with Crippen molar-refractivity contribution in [3.63, 3.8) is 0 Å². The molecular formula is C10H16F2. The van der Waals surface area contributed by atoms with Crippen molar-refractivity contribution >= 4 is 0 Å². The fraction of sp³-hybridized carbons (Fsp3) is 0.600. The van der Waals surface area contributed by atoms with E-state index < -0.39 is 12.3 Å². The summed E-state index contributed by atoms with van der Waals surface area (Å²) in [5.74, 6) is -0.629. The zero-order valence-electron chi connectivity index (χ0n) is 7.63. The highest BCUT2D eigenvalue weighted by atomic mass is 19.3. The molecule has 0 N–H and O–H groups in total. The summed E-state index contributed by atoms with van der Waals surface area (Å²) in [6.07, 6.45) is 3.42. The highest BCUT2D eigenvalue weighted by Crippen LogP contribution is 2.20. The van der Waals surface area contributed by atoms with Crippen LogP contribution < -0.4 is 0 Å². The molecule has 0 aliphatic rings. The van der Waals surface area contributed by atoms with Gasteiger partial charge in [0.05, 0.1) is 0 Å². The number of allylic oxidation sites excluding steroid dienone is 3. The quantitative estimate of drug-likeness (QED) is 0.558. The van der Waals surface area contributed by atoms with Gasteiger partial charge >= 0.3 is 0 Å². The topological polar surface area (TPSA) is 0 Å². The average Bonchev–Trinajstić information content (AvgIpc) is 1.96. The van der Waals surface area contributed by atoms with Crippen LogP contribution >= 0.6 is 0 Å². The summed E-state index contributed by atoms with van der Waals surface area (Å²) in [7, 11) is 0. The minimum atomic E-state index is -2.26. The van der Waals surface area contributed by atoms with E-state index in [9.17, 15) is 8.78 Å². The van der Waals surface area contributed by atoms with Gasteiger partial charge < -0.3 is 0 Å². The third-order valence-corrected chi connectivity index (χ3v) is 1.72. The normalized spacial score (nSPS) is 14.5. The zero-order valence-corrected chi connectivity index (χ0v) is 7.63. The fourth-order valence-electron chi connectivity index (χ4n) is 0.929. The van der Waals surface area contributed by atoms with Gasteiger partial charge in [-0.05, 0) is 12.3 Å². The number of halogens is 2. The third kappa shape index (κ3) is 4.27. The predicted molar refractivity (Wildman–Crippen MR) is 48.3 cm³/mol. The van der Waals surface area contributed by atoms with Crippen molar-refractivity contribution in [2.45, 2.75) is 26.7 Å². The van der Waals surface area contributed by atoms with Crippen LogP contribution in [0, 0.1) is 11.8 Å². The van der Waals surface area contributed by atoms with Gasteiger partial charge in [0.15, 0.2) is 0 Å². The van der Waals surface area contributed by atoms with E-state index in [-0.39, 0.29) is 5.92 Å². The molecule has 0 rings (SSSR count). The Kier molecular flexibility index (Phi) is 5.60. The second-order valence-electron chi connectivity index (χ2n) is 3.11. The van der Waals surface area contributed by atoms with Crippen molar-refractivity contribution in [1.29, 1.82) is 0 Å². The Bertz CT molecular complexity index is 140. The van der Waals surface area contributed by atoms with E-state index >= 15 is 0 Å². The fourth-order valence-corrected chi connectivity index (χ4v) is 0.929. The molecule has 12 heavy (non-hydrogen) atoms. The van der Waals surface area contributed by atoms with E-state index in [1.165, 1.54) is 0 Å². The molecule has 0 amide bonds. The summed E-state index contributed by atoms with van der Waals surface area (Å²) in [6, 6.07) is 0. The molecule has 0 spiro atoms. The standard InChI is InChI=1S/C10H16F2/c1-4-5-6-7-9(8(2)3)10(11)12/h4,6-10H,1,5H2,2-3H3. The Morgan fingerprint density at radius 2 is 1.92 bits per heavy atom. The van der Waals surface area contributed by atoms with Gasteiger partial charge in [0.1, 0.15) is 0 Å². The van der Waals surface area contributed by atoms with Gasteiger partial charge in [0.2, 0.25) is 6.43 Å². The molecule has 0 fully saturated rings. The van der Waals surface area contributed by atoms with Crippen LogP contribution in [-0.2, 0) is 0 Å². The van der Waals surface area contributed by atoms with E-state index in [1.807, 2.05) is 0 Å². The van der Waals surface area contributed by atoms with Crippen LogP contribution in [0.2, 0.25) is 0 Å². The monoisotopic (exact) mass is 174 g/mol. The first-order valence-corrected chi connectivity index (χ1v) is 4.15. The van der Waals surface area contributed by atoms with Crippen LogP contribution in [0.4, 0.5) is 8.78 Å². The highest BCUT2D eigenvalue weighted by Gasteiger charge is 2.20.